The highest BCUT2D eigenvalue weighted by Crippen LogP contribution is 1.80. The minimum atomic E-state index is -0.311. The highest BCUT2D eigenvalue weighted by atomic mass is 16.6. The SMILES string of the molecule is CCOC(=O)COCCNCCCN. The molecule has 0 bridgehead atoms. The van der Waals surface area contributed by atoms with Crippen molar-refractivity contribution in [2.45, 2.75) is 13.3 Å². The Labute approximate surface area is 84.9 Å². The number of carbonyl (C=O) groups excluding carboxylic acids is 1. The number of carbonyl (C=O) groups is 1. The van der Waals surface area contributed by atoms with Crippen molar-refractivity contribution in [3.63, 3.8) is 0 Å². The Morgan fingerprint density at radius 1 is 1.43 bits per heavy atom. The molecule has 0 saturated heterocycles. The van der Waals surface area contributed by atoms with Crippen LogP contribution < -0.4 is 11.1 Å². The van der Waals surface area contributed by atoms with Gasteiger partial charge in [0.15, 0.2) is 0 Å². The molecule has 3 N–H and O–H groups in total. The van der Waals surface area contributed by atoms with Gasteiger partial charge >= 0.3 is 5.97 Å². The van der Waals surface area contributed by atoms with Gasteiger partial charge in [-0.15, -0.1) is 0 Å². The highest BCUT2D eigenvalue weighted by molar-refractivity contribution is 5.70. The van der Waals surface area contributed by atoms with E-state index in [1.807, 2.05) is 0 Å². The van der Waals surface area contributed by atoms with E-state index in [1.54, 1.807) is 6.92 Å². The lowest BCUT2D eigenvalue weighted by Gasteiger charge is -2.05. The van der Waals surface area contributed by atoms with E-state index in [0.717, 1.165) is 19.5 Å². The molecule has 0 saturated carbocycles. The van der Waals surface area contributed by atoms with E-state index in [0.29, 0.717) is 19.8 Å². The van der Waals surface area contributed by atoms with Crippen LogP contribution >= 0.6 is 0 Å². The molecule has 0 aliphatic heterocycles. The first-order valence-corrected chi connectivity index (χ1v) is 4.95. The topological polar surface area (TPSA) is 73.6 Å². The zero-order valence-electron chi connectivity index (χ0n) is 8.75. The van der Waals surface area contributed by atoms with E-state index in [4.69, 9.17) is 10.5 Å². The third-order valence-electron chi connectivity index (χ3n) is 1.51. The summed E-state index contributed by atoms with van der Waals surface area (Å²) in [7, 11) is 0. The maximum absolute atomic E-state index is 10.8. The van der Waals surface area contributed by atoms with Crippen molar-refractivity contribution < 1.29 is 14.3 Å². The number of ether oxygens (including phenoxy) is 2. The van der Waals surface area contributed by atoms with Gasteiger partial charge in [-0.1, -0.05) is 0 Å². The predicted molar refractivity (Wildman–Crippen MR) is 54.0 cm³/mol. The molecule has 0 aliphatic rings. The van der Waals surface area contributed by atoms with Crippen LogP contribution in [0.4, 0.5) is 0 Å². The van der Waals surface area contributed by atoms with Crippen LogP contribution in [0.15, 0.2) is 0 Å². The quantitative estimate of drug-likeness (QED) is 0.391. The van der Waals surface area contributed by atoms with Crippen molar-refractivity contribution in [2.24, 2.45) is 5.73 Å². The molecule has 0 aliphatic carbocycles. The summed E-state index contributed by atoms with van der Waals surface area (Å²) in [5.74, 6) is -0.311. The van der Waals surface area contributed by atoms with Gasteiger partial charge in [0.25, 0.3) is 0 Å². The van der Waals surface area contributed by atoms with Crippen LogP contribution in [0.25, 0.3) is 0 Å². The molecule has 0 radical (unpaired) electrons. The van der Waals surface area contributed by atoms with Gasteiger partial charge in [0, 0.05) is 6.54 Å². The van der Waals surface area contributed by atoms with Crippen LogP contribution in [0.1, 0.15) is 13.3 Å². The second-order valence-electron chi connectivity index (χ2n) is 2.75. The lowest BCUT2D eigenvalue weighted by Crippen LogP contribution is -2.24. The summed E-state index contributed by atoms with van der Waals surface area (Å²) in [6.07, 6.45) is 0.956. The monoisotopic (exact) mass is 204 g/mol. The normalized spacial score (nSPS) is 10.1. The zero-order chi connectivity index (χ0) is 10.6. The van der Waals surface area contributed by atoms with Crippen molar-refractivity contribution in [2.75, 3.05) is 39.5 Å². The third-order valence-corrected chi connectivity index (χ3v) is 1.51. The van der Waals surface area contributed by atoms with Gasteiger partial charge < -0.3 is 20.5 Å². The zero-order valence-corrected chi connectivity index (χ0v) is 8.75. The van der Waals surface area contributed by atoms with E-state index in [-0.39, 0.29) is 12.6 Å². The molecule has 5 nitrogen and oxygen atoms in total. The molecule has 84 valence electrons. The summed E-state index contributed by atoms with van der Waals surface area (Å²) in [6.45, 7) is 5.04. The van der Waals surface area contributed by atoms with E-state index >= 15 is 0 Å². The summed E-state index contributed by atoms with van der Waals surface area (Å²) >= 11 is 0. The summed E-state index contributed by atoms with van der Waals surface area (Å²) in [5, 5.41) is 3.13. The lowest BCUT2D eigenvalue weighted by molar-refractivity contribution is -0.148. The fraction of sp³-hybridized carbons (Fsp3) is 0.889. The lowest BCUT2D eigenvalue weighted by atomic mass is 10.4. The first-order valence-electron chi connectivity index (χ1n) is 4.95. The number of nitrogens with one attached hydrogen (secondary N) is 1. The molecule has 0 aromatic heterocycles. The van der Waals surface area contributed by atoms with Gasteiger partial charge in [-0.3, -0.25) is 0 Å². The van der Waals surface area contributed by atoms with Crippen LogP contribution in [0, 0.1) is 0 Å². The number of hydrogen-bond acceptors (Lipinski definition) is 5. The standard InChI is InChI=1S/C9H20N2O3/c1-2-14-9(12)8-13-7-6-11-5-3-4-10/h11H,2-8,10H2,1H3. The number of esters is 1. The summed E-state index contributed by atoms with van der Waals surface area (Å²) < 4.78 is 9.75. The minimum absolute atomic E-state index is 0.0341. The minimum Gasteiger partial charge on any atom is -0.464 e. The van der Waals surface area contributed by atoms with Crippen LogP contribution in [0.2, 0.25) is 0 Å². The molecule has 0 rings (SSSR count). The average Bonchev–Trinajstić information content (AvgIpc) is 2.17. The smallest absolute Gasteiger partial charge is 0.332 e. The average molecular weight is 204 g/mol. The molecule has 0 aromatic carbocycles. The molecule has 0 unspecified atom stereocenters. The molecule has 0 heterocycles. The Morgan fingerprint density at radius 3 is 2.86 bits per heavy atom. The maximum Gasteiger partial charge on any atom is 0.332 e. The van der Waals surface area contributed by atoms with Gasteiger partial charge in [-0.2, -0.15) is 0 Å². The first kappa shape index (κ1) is 13.4. The molecule has 5 heteroatoms. The van der Waals surface area contributed by atoms with Crippen molar-refractivity contribution in [1.29, 1.82) is 0 Å². The molecule has 0 spiro atoms. The van der Waals surface area contributed by atoms with Gasteiger partial charge in [0.05, 0.1) is 13.2 Å². The van der Waals surface area contributed by atoms with Crippen LogP contribution in [-0.4, -0.2) is 45.4 Å². The largest absolute Gasteiger partial charge is 0.464 e. The predicted octanol–water partition coefficient (Wildman–Crippen LogP) is -0.495. The van der Waals surface area contributed by atoms with Gasteiger partial charge in [0.2, 0.25) is 0 Å². The van der Waals surface area contributed by atoms with Crippen LogP contribution in [0.5, 0.6) is 0 Å². The van der Waals surface area contributed by atoms with Gasteiger partial charge in [-0.05, 0) is 26.4 Å². The molecular formula is C9H20N2O3. The Kier molecular flexibility index (Phi) is 9.95. The van der Waals surface area contributed by atoms with Crippen molar-refractivity contribution in [3.8, 4) is 0 Å². The molecule has 0 amide bonds. The number of rotatable bonds is 9. The molecule has 0 fully saturated rings. The molecule has 14 heavy (non-hydrogen) atoms. The van der Waals surface area contributed by atoms with Gasteiger partial charge in [-0.25, -0.2) is 4.79 Å². The van der Waals surface area contributed by atoms with Crippen LogP contribution in [0.3, 0.4) is 0 Å². The maximum atomic E-state index is 10.8. The van der Waals surface area contributed by atoms with E-state index < -0.39 is 0 Å². The Balaban J connectivity index is 3.01. The second-order valence-corrected chi connectivity index (χ2v) is 2.75. The fourth-order valence-electron chi connectivity index (χ4n) is 0.855. The summed E-state index contributed by atoms with van der Waals surface area (Å²) in [6, 6.07) is 0. The van der Waals surface area contributed by atoms with Crippen molar-refractivity contribution in [3.05, 3.63) is 0 Å². The van der Waals surface area contributed by atoms with E-state index in [9.17, 15) is 4.79 Å². The third kappa shape index (κ3) is 9.44. The summed E-state index contributed by atoms with van der Waals surface area (Å²) in [5.41, 5.74) is 5.31. The number of nitrogens with two attached hydrogens (primary N) is 1. The first-order chi connectivity index (χ1) is 6.81. The number of hydrogen-bond donors (Lipinski definition) is 2. The Hall–Kier alpha value is -0.650. The van der Waals surface area contributed by atoms with Crippen molar-refractivity contribution in [1.82, 2.24) is 5.32 Å². The summed E-state index contributed by atoms with van der Waals surface area (Å²) in [4.78, 5) is 10.8. The molecular weight excluding hydrogens is 184 g/mol. The van der Waals surface area contributed by atoms with E-state index in [1.165, 1.54) is 0 Å². The van der Waals surface area contributed by atoms with Crippen LogP contribution in [-0.2, 0) is 14.3 Å². The molecule has 0 aromatic rings. The fourth-order valence-corrected chi connectivity index (χ4v) is 0.855. The van der Waals surface area contributed by atoms with E-state index in [2.05, 4.69) is 10.1 Å². The van der Waals surface area contributed by atoms with Crippen molar-refractivity contribution >= 4 is 5.97 Å². The Morgan fingerprint density at radius 2 is 2.21 bits per heavy atom. The second kappa shape index (κ2) is 10.4. The Bertz CT molecular complexity index is 142. The highest BCUT2D eigenvalue weighted by Gasteiger charge is 1.99. The molecule has 0 atom stereocenters. The van der Waals surface area contributed by atoms with Gasteiger partial charge in [0.1, 0.15) is 6.61 Å².